The van der Waals surface area contributed by atoms with Crippen molar-refractivity contribution in [3.8, 4) is 0 Å². The average molecular weight is 239 g/mol. The average Bonchev–Trinajstić information content (AvgIpc) is 2.73. The minimum atomic E-state index is 0.510. The van der Waals surface area contributed by atoms with E-state index in [0.717, 1.165) is 19.0 Å². The van der Waals surface area contributed by atoms with Crippen LogP contribution in [0.3, 0.4) is 0 Å². The largest absolute Gasteiger partial charge is 0.356 e. The van der Waals surface area contributed by atoms with Crippen molar-refractivity contribution in [1.29, 1.82) is 0 Å². The lowest BCUT2D eigenvalue weighted by atomic mass is 10.1. The maximum atomic E-state index is 4.38. The second-order valence-corrected chi connectivity index (χ2v) is 5.14. The molecule has 1 rings (SSSR count). The van der Waals surface area contributed by atoms with Crippen LogP contribution in [0.1, 0.15) is 65.2 Å². The molecule has 1 aliphatic rings. The molecule has 0 aromatic carbocycles. The molecule has 0 radical (unpaired) electrons. The summed E-state index contributed by atoms with van der Waals surface area (Å²) < 4.78 is 0. The number of aliphatic imine (C=N–C) groups is 1. The Morgan fingerprint density at radius 1 is 1.12 bits per heavy atom. The zero-order valence-corrected chi connectivity index (χ0v) is 11.6. The van der Waals surface area contributed by atoms with E-state index in [4.69, 9.17) is 0 Å². The van der Waals surface area contributed by atoms with Gasteiger partial charge in [0.15, 0.2) is 5.96 Å². The highest BCUT2D eigenvalue weighted by Gasteiger charge is 2.10. The van der Waals surface area contributed by atoms with Crippen molar-refractivity contribution in [2.45, 2.75) is 71.3 Å². The third kappa shape index (κ3) is 7.24. The van der Waals surface area contributed by atoms with E-state index in [0.29, 0.717) is 6.04 Å². The predicted molar refractivity (Wildman–Crippen MR) is 75.5 cm³/mol. The van der Waals surface area contributed by atoms with Gasteiger partial charge in [-0.3, -0.25) is 4.99 Å². The summed E-state index contributed by atoms with van der Waals surface area (Å²) in [5.74, 6) is 1.00. The molecular formula is C14H29N3. The van der Waals surface area contributed by atoms with Crippen molar-refractivity contribution >= 4 is 5.96 Å². The van der Waals surface area contributed by atoms with Gasteiger partial charge in [0.05, 0.1) is 6.54 Å². The van der Waals surface area contributed by atoms with Crippen LogP contribution in [-0.4, -0.2) is 25.1 Å². The van der Waals surface area contributed by atoms with Crippen LogP contribution in [0.5, 0.6) is 0 Å². The SMILES string of the molecule is CCCCCCCCCCNC1=NCC(C)N1. The molecule has 3 heteroatoms. The lowest BCUT2D eigenvalue weighted by Crippen LogP contribution is -2.37. The number of nitrogens with zero attached hydrogens (tertiary/aromatic N) is 1. The number of unbranched alkanes of at least 4 members (excludes halogenated alkanes) is 7. The highest BCUT2D eigenvalue weighted by molar-refractivity contribution is 5.81. The molecular weight excluding hydrogens is 210 g/mol. The van der Waals surface area contributed by atoms with E-state index in [1.807, 2.05) is 0 Å². The van der Waals surface area contributed by atoms with Gasteiger partial charge in [-0.25, -0.2) is 0 Å². The molecule has 0 saturated heterocycles. The maximum absolute atomic E-state index is 4.38. The molecule has 2 N–H and O–H groups in total. The molecule has 1 atom stereocenters. The number of hydrogen-bond donors (Lipinski definition) is 2. The summed E-state index contributed by atoms with van der Waals surface area (Å²) in [5, 5.41) is 6.68. The molecule has 3 nitrogen and oxygen atoms in total. The Balaban J connectivity index is 1.79. The summed E-state index contributed by atoms with van der Waals surface area (Å²) in [5.41, 5.74) is 0. The van der Waals surface area contributed by atoms with Crippen LogP contribution in [0, 0.1) is 0 Å². The number of hydrogen-bond acceptors (Lipinski definition) is 3. The van der Waals surface area contributed by atoms with Crippen molar-refractivity contribution in [2.24, 2.45) is 4.99 Å². The van der Waals surface area contributed by atoms with Crippen LogP contribution in [-0.2, 0) is 0 Å². The van der Waals surface area contributed by atoms with Crippen LogP contribution in [0.15, 0.2) is 4.99 Å². The van der Waals surface area contributed by atoms with Crippen molar-refractivity contribution < 1.29 is 0 Å². The van der Waals surface area contributed by atoms with Crippen LogP contribution in [0.4, 0.5) is 0 Å². The van der Waals surface area contributed by atoms with Gasteiger partial charge in [0.25, 0.3) is 0 Å². The highest BCUT2D eigenvalue weighted by atomic mass is 15.2. The predicted octanol–water partition coefficient (Wildman–Crippen LogP) is 3.06. The molecule has 17 heavy (non-hydrogen) atoms. The van der Waals surface area contributed by atoms with E-state index in [-0.39, 0.29) is 0 Å². The summed E-state index contributed by atoms with van der Waals surface area (Å²) in [6, 6.07) is 0.510. The van der Waals surface area contributed by atoms with Gasteiger partial charge in [0.2, 0.25) is 0 Å². The molecule has 0 aliphatic carbocycles. The van der Waals surface area contributed by atoms with Crippen molar-refractivity contribution in [3.05, 3.63) is 0 Å². The lowest BCUT2D eigenvalue weighted by molar-refractivity contribution is 0.571. The Labute approximate surface area is 106 Å². The monoisotopic (exact) mass is 239 g/mol. The van der Waals surface area contributed by atoms with E-state index < -0.39 is 0 Å². The molecule has 0 saturated carbocycles. The topological polar surface area (TPSA) is 36.4 Å². The van der Waals surface area contributed by atoms with Gasteiger partial charge < -0.3 is 10.6 Å². The fourth-order valence-electron chi connectivity index (χ4n) is 2.13. The van der Waals surface area contributed by atoms with E-state index in [1.165, 1.54) is 51.4 Å². The Kier molecular flexibility index (Phi) is 7.85. The summed E-state index contributed by atoms with van der Waals surface area (Å²) in [6.07, 6.45) is 11.0. The fourth-order valence-corrected chi connectivity index (χ4v) is 2.13. The van der Waals surface area contributed by atoms with Crippen molar-refractivity contribution in [3.63, 3.8) is 0 Å². The zero-order valence-electron chi connectivity index (χ0n) is 11.6. The lowest BCUT2D eigenvalue weighted by Gasteiger charge is -2.08. The molecule has 1 unspecified atom stereocenters. The first-order valence-electron chi connectivity index (χ1n) is 7.37. The number of nitrogens with one attached hydrogen (secondary N) is 2. The molecule has 0 aromatic heterocycles. The van der Waals surface area contributed by atoms with Gasteiger partial charge in [-0.15, -0.1) is 0 Å². The second kappa shape index (κ2) is 9.32. The van der Waals surface area contributed by atoms with Crippen molar-refractivity contribution in [1.82, 2.24) is 10.6 Å². The molecule has 100 valence electrons. The Morgan fingerprint density at radius 3 is 2.35 bits per heavy atom. The Morgan fingerprint density at radius 2 is 1.76 bits per heavy atom. The third-order valence-corrected chi connectivity index (χ3v) is 3.23. The van der Waals surface area contributed by atoms with E-state index in [1.54, 1.807) is 0 Å². The Bertz CT molecular complexity index is 214. The molecule has 0 spiro atoms. The van der Waals surface area contributed by atoms with Gasteiger partial charge in [-0.1, -0.05) is 51.9 Å². The summed E-state index contributed by atoms with van der Waals surface area (Å²) in [4.78, 5) is 4.38. The van der Waals surface area contributed by atoms with E-state index in [9.17, 15) is 0 Å². The summed E-state index contributed by atoms with van der Waals surface area (Å²) in [7, 11) is 0. The van der Waals surface area contributed by atoms with Crippen LogP contribution in [0.2, 0.25) is 0 Å². The smallest absolute Gasteiger partial charge is 0.191 e. The molecule has 0 amide bonds. The standard InChI is InChI=1S/C14H29N3/c1-3-4-5-6-7-8-9-10-11-15-14-16-12-13(2)17-14/h13H,3-12H2,1-2H3,(H2,15,16,17). The molecule has 1 aliphatic heterocycles. The van der Waals surface area contributed by atoms with Gasteiger partial charge >= 0.3 is 0 Å². The van der Waals surface area contributed by atoms with E-state index >= 15 is 0 Å². The first kappa shape index (κ1) is 14.3. The second-order valence-electron chi connectivity index (χ2n) is 5.14. The first-order valence-corrected chi connectivity index (χ1v) is 7.37. The number of rotatable bonds is 9. The van der Waals surface area contributed by atoms with Gasteiger partial charge in [-0.2, -0.15) is 0 Å². The number of guanidine groups is 1. The van der Waals surface area contributed by atoms with Gasteiger partial charge in [0.1, 0.15) is 0 Å². The Hall–Kier alpha value is -0.730. The molecule has 0 aromatic rings. The zero-order chi connectivity index (χ0) is 12.3. The first-order chi connectivity index (χ1) is 8.33. The van der Waals surface area contributed by atoms with E-state index in [2.05, 4.69) is 29.5 Å². The van der Waals surface area contributed by atoms with Crippen LogP contribution in [0.25, 0.3) is 0 Å². The van der Waals surface area contributed by atoms with Crippen LogP contribution < -0.4 is 10.6 Å². The fraction of sp³-hybridized carbons (Fsp3) is 0.929. The van der Waals surface area contributed by atoms with Crippen LogP contribution >= 0.6 is 0 Å². The molecule has 0 bridgehead atoms. The van der Waals surface area contributed by atoms with Crippen molar-refractivity contribution in [2.75, 3.05) is 13.1 Å². The maximum Gasteiger partial charge on any atom is 0.191 e. The molecule has 1 heterocycles. The highest BCUT2D eigenvalue weighted by Crippen LogP contribution is 2.07. The summed E-state index contributed by atoms with van der Waals surface area (Å²) in [6.45, 7) is 6.41. The minimum Gasteiger partial charge on any atom is -0.356 e. The van der Waals surface area contributed by atoms with Gasteiger partial charge in [-0.05, 0) is 13.3 Å². The van der Waals surface area contributed by atoms with Gasteiger partial charge in [0, 0.05) is 12.6 Å². The quantitative estimate of drug-likeness (QED) is 0.607. The third-order valence-electron chi connectivity index (χ3n) is 3.23. The normalized spacial score (nSPS) is 18.9. The molecule has 0 fully saturated rings. The summed E-state index contributed by atoms with van der Waals surface area (Å²) >= 11 is 0. The minimum absolute atomic E-state index is 0.510.